The van der Waals surface area contributed by atoms with E-state index in [1.807, 2.05) is 11.0 Å². The average molecular weight is 355 g/mol. The number of likely N-dealkylation sites (tertiary alicyclic amines) is 1. The second kappa shape index (κ2) is 6.42. The number of H-pyrrole nitrogens is 1. The van der Waals surface area contributed by atoms with Crippen LogP contribution >= 0.6 is 0 Å². The zero-order valence-corrected chi connectivity index (χ0v) is 15.1. The zero-order chi connectivity index (χ0) is 18.3. The van der Waals surface area contributed by atoms with E-state index in [2.05, 4.69) is 22.4 Å². The van der Waals surface area contributed by atoms with Crippen LogP contribution in [0.4, 0.5) is 0 Å². The van der Waals surface area contributed by atoms with Crippen molar-refractivity contribution < 1.29 is 9.59 Å². The van der Waals surface area contributed by atoms with Crippen LogP contribution in [-0.4, -0.2) is 45.0 Å². The summed E-state index contributed by atoms with van der Waals surface area (Å²) in [4.78, 5) is 27.5. The molecule has 1 aromatic rings. The zero-order valence-electron chi connectivity index (χ0n) is 15.1. The largest absolute Gasteiger partial charge is 0.348 e. The standard InChI is InChI=1S/C19H25N5O2/c1-12-8-13(9-12)17(25)22-19(5-6-19)15-4-2-3-7-24(15)18(26)16-14(10-20)11-21-23-16/h11-13,15H,2-9H2,1H3,(H,21,23)(H,22,25). The molecule has 2 aliphatic carbocycles. The van der Waals surface area contributed by atoms with Gasteiger partial charge in [-0.1, -0.05) is 6.92 Å². The number of nitriles is 1. The first-order valence-corrected chi connectivity index (χ1v) is 9.60. The van der Waals surface area contributed by atoms with E-state index in [9.17, 15) is 14.9 Å². The van der Waals surface area contributed by atoms with Crippen LogP contribution in [0.2, 0.25) is 0 Å². The van der Waals surface area contributed by atoms with Gasteiger partial charge in [0.05, 0.1) is 17.8 Å². The Morgan fingerprint density at radius 3 is 2.81 bits per heavy atom. The molecule has 3 fully saturated rings. The highest BCUT2D eigenvalue weighted by Crippen LogP contribution is 2.45. The van der Waals surface area contributed by atoms with Crippen LogP contribution in [0.3, 0.4) is 0 Å². The van der Waals surface area contributed by atoms with Gasteiger partial charge in [-0.15, -0.1) is 0 Å². The molecule has 1 unspecified atom stereocenters. The molecule has 0 spiro atoms. The third kappa shape index (κ3) is 2.87. The highest BCUT2D eigenvalue weighted by atomic mass is 16.2. The summed E-state index contributed by atoms with van der Waals surface area (Å²) in [7, 11) is 0. The smallest absolute Gasteiger partial charge is 0.273 e. The van der Waals surface area contributed by atoms with Crippen LogP contribution in [0.5, 0.6) is 0 Å². The Hall–Kier alpha value is -2.36. The minimum atomic E-state index is -0.279. The Kier molecular flexibility index (Phi) is 4.22. The minimum Gasteiger partial charge on any atom is -0.348 e. The molecule has 138 valence electrons. The van der Waals surface area contributed by atoms with Gasteiger partial charge < -0.3 is 10.2 Å². The van der Waals surface area contributed by atoms with Crippen LogP contribution in [0.25, 0.3) is 0 Å². The van der Waals surface area contributed by atoms with Gasteiger partial charge in [0, 0.05) is 12.5 Å². The van der Waals surface area contributed by atoms with Gasteiger partial charge in [-0.25, -0.2) is 0 Å². The molecule has 2 saturated carbocycles. The summed E-state index contributed by atoms with van der Waals surface area (Å²) in [6, 6.07) is 2.02. The molecule has 2 amide bonds. The van der Waals surface area contributed by atoms with Crippen LogP contribution in [0.15, 0.2) is 6.20 Å². The Morgan fingerprint density at radius 2 is 2.15 bits per heavy atom. The van der Waals surface area contributed by atoms with E-state index in [1.165, 1.54) is 6.20 Å². The summed E-state index contributed by atoms with van der Waals surface area (Å²) in [5.74, 6) is 0.742. The Bertz CT molecular complexity index is 754. The summed E-state index contributed by atoms with van der Waals surface area (Å²) in [5.41, 5.74) is 0.254. The third-order valence-corrected chi connectivity index (χ3v) is 6.28. The number of hydrogen-bond acceptors (Lipinski definition) is 4. The van der Waals surface area contributed by atoms with Gasteiger partial charge in [0.15, 0.2) is 0 Å². The highest BCUT2D eigenvalue weighted by Gasteiger charge is 2.55. The Labute approximate surface area is 153 Å². The van der Waals surface area contributed by atoms with E-state index >= 15 is 0 Å². The number of piperidine rings is 1. The molecule has 7 heteroatoms. The lowest BCUT2D eigenvalue weighted by atomic mass is 9.75. The lowest BCUT2D eigenvalue weighted by Crippen LogP contribution is -2.58. The lowest BCUT2D eigenvalue weighted by molar-refractivity contribution is -0.130. The van der Waals surface area contributed by atoms with Gasteiger partial charge in [0.25, 0.3) is 5.91 Å². The lowest BCUT2D eigenvalue weighted by Gasteiger charge is -2.42. The fourth-order valence-corrected chi connectivity index (χ4v) is 4.57. The van der Waals surface area contributed by atoms with E-state index in [1.54, 1.807) is 0 Å². The molecule has 1 aromatic heterocycles. The molecular formula is C19H25N5O2. The number of aromatic nitrogens is 2. The maximum absolute atomic E-state index is 13.0. The monoisotopic (exact) mass is 355 g/mol. The van der Waals surface area contributed by atoms with Crippen molar-refractivity contribution in [1.82, 2.24) is 20.4 Å². The van der Waals surface area contributed by atoms with Crippen molar-refractivity contribution in [3.63, 3.8) is 0 Å². The number of carbonyl (C=O) groups excluding carboxylic acids is 2. The first-order chi connectivity index (χ1) is 12.5. The summed E-state index contributed by atoms with van der Waals surface area (Å²) in [6.45, 7) is 2.83. The van der Waals surface area contributed by atoms with Crippen LogP contribution in [0.1, 0.15) is 67.9 Å². The molecular weight excluding hydrogens is 330 g/mol. The van der Waals surface area contributed by atoms with E-state index < -0.39 is 0 Å². The predicted octanol–water partition coefficient (Wildman–Crippen LogP) is 1.97. The molecule has 2 heterocycles. The molecule has 1 atom stereocenters. The van der Waals surface area contributed by atoms with E-state index in [0.717, 1.165) is 44.9 Å². The van der Waals surface area contributed by atoms with Gasteiger partial charge in [-0.2, -0.15) is 10.4 Å². The van der Waals surface area contributed by atoms with Gasteiger partial charge in [0.2, 0.25) is 5.91 Å². The summed E-state index contributed by atoms with van der Waals surface area (Å²) in [6.07, 6.45) is 8.06. The van der Waals surface area contributed by atoms with Crippen molar-refractivity contribution in [3.8, 4) is 6.07 Å². The number of amides is 2. The van der Waals surface area contributed by atoms with Gasteiger partial charge in [-0.3, -0.25) is 14.7 Å². The molecule has 26 heavy (non-hydrogen) atoms. The van der Waals surface area contributed by atoms with Crippen molar-refractivity contribution in [2.45, 2.75) is 63.5 Å². The maximum atomic E-state index is 13.0. The molecule has 0 bridgehead atoms. The number of carbonyl (C=O) groups is 2. The van der Waals surface area contributed by atoms with Crippen LogP contribution in [-0.2, 0) is 4.79 Å². The minimum absolute atomic E-state index is 0.0000397. The maximum Gasteiger partial charge on any atom is 0.273 e. The number of nitrogens with zero attached hydrogens (tertiary/aromatic N) is 3. The van der Waals surface area contributed by atoms with E-state index in [-0.39, 0.29) is 40.6 Å². The van der Waals surface area contributed by atoms with Crippen molar-refractivity contribution in [3.05, 3.63) is 17.5 Å². The topological polar surface area (TPSA) is 102 Å². The third-order valence-electron chi connectivity index (χ3n) is 6.28. The van der Waals surface area contributed by atoms with Gasteiger partial charge >= 0.3 is 0 Å². The normalized spacial score (nSPS) is 29.4. The van der Waals surface area contributed by atoms with Gasteiger partial charge in [-0.05, 0) is 50.9 Å². The number of aromatic amines is 1. The first kappa shape index (κ1) is 17.1. The van der Waals surface area contributed by atoms with Crippen molar-refractivity contribution in [2.24, 2.45) is 11.8 Å². The second-order valence-corrected chi connectivity index (χ2v) is 8.20. The molecule has 4 rings (SSSR count). The molecule has 7 nitrogen and oxygen atoms in total. The van der Waals surface area contributed by atoms with E-state index in [4.69, 9.17) is 0 Å². The summed E-state index contributed by atoms with van der Waals surface area (Å²) in [5, 5.41) is 19.0. The fraction of sp³-hybridized carbons (Fsp3) is 0.684. The van der Waals surface area contributed by atoms with Crippen molar-refractivity contribution in [2.75, 3.05) is 6.54 Å². The predicted molar refractivity (Wildman–Crippen MR) is 94.0 cm³/mol. The quantitative estimate of drug-likeness (QED) is 0.862. The average Bonchev–Trinajstić information content (AvgIpc) is 3.24. The molecule has 1 saturated heterocycles. The molecule has 1 aliphatic heterocycles. The fourth-order valence-electron chi connectivity index (χ4n) is 4.57. The van der Waals surface area contributed by atoms with Crippen molar-refractivity contribution >= 4 is 11.8 Å². The van der Waals surface area contributed by atoms with Crippen LogP contribution in [0, 0.1) is 23.2 Å². The number of nitrogens with one attached hydrogen (secondary N) is 2. The van der Waals surface area contributed by atoms with Crippen molar-refractivity contribution in [1.29, 1.82) is 5.26 Å². The highest BCUT2D eigenvalue weighted by molar-refractivity contribution is 5.95. The Balaban J connectivity index is 1.51. The van der Waals surface area contributed by atoms with E-state index in [0.29, 0.717) is 12.5 Å². The second-order valence-electron chi connectivity index (χ2n) is 8.20. The molecule has 3 aliphatic rings. The number of hydrogen-bond donors (Lipinski definition) is 2. The first-order valence-electron chi connectivity index (χ1n) is 9.60. The number of rotatable bonds is 4. The van der Waals surface area contributed by atoms with Gasteiger partial charge in [0.1, 0.15) is 17.3 Å². The molecule has 0 aromatic carbocycles. The SMILES string of the molecule is CC1CC(C(=O)NC2(C3CCCCN3C(=O)c3[nH]ncc3C#N)CC2)C1. The van der Waals surface area contributed by atoms with Crippen LogP contribution < -0.4 is 5.32 Å². The molecule has 0 radical (unpaired) electrons. The summed E-state index contributed by atoms with van der Waals surface area (Å²) < 4.78 is 0. The summed E-state index contributed by atoms with van der Waals surface area (Å²) >= 11 is 0. The Morgan fingerprint density at radius 1 is 1.38 bits per heavy atom. The molecule has 2 N–H and O–H groups in total.